The van der Waals surface area contributed by atoms with Crippen molar-refractivity contribution in [2.45, 2.75) is 32.4 Å². The van der Waals surface area contributed by atoms with Crippen molar-refractivity contribution < 1.29 is 9.18 Å². The molecule has 98 valence electrons. The number of carbonyl (C=O) groups is 1. The standard InChI is InChI=1S/C13H16ClFN2O/c1-8(2)16-11-6-7-17(13(11)18)12-9(14)4-3-5-10(12)15/h3-5,8,11,16H,6-7H2,1-2H3. The summed E-state index contributed by atoms with van der Waals surface area (Å²) in [5, 5.41) is 3.45. The third kappa shape index (κ3) is 2.49. The molecule has 1 N–H and O–H groups in total. The molecule has 18 heavy (non-hydrogen) atoms. The second-order valence-corrected chi connectivity index (χ2v) is 5.13. The van der Waals surface area contributed by atoms with Gasteiger partial charge in [0.05, 0.1) is 16.8 Å². The van der Waals surface area contributed by atoms with Crippen LogP contribution in [-0.4, -0.2) is 24.5 Å². The third-order valence-electron chi connectivity index (χ3n) is 2.95. The fourth-order valence-corrected chi connectivity index (χ4v) is 2.47. The van der Waals surface area contributed by atoms with E-state index in [9.17, 15) is 9.18 Å². The number of amides is 1. The van der Waals surface area contributed by atoms with E-state index in [0.29, 0.717) is 13.0 Å². The van der Waals surface area contributed by atoms with E-state index in [1.54, 1.807) is 6.07 Å². The molecular weight excluding hydrogens is 255 g/mol. The third-order valence-corrected chi connectivity index (χ3v) is 3.25. The van der Waals surface area contributed by atoms with Gasteiger partial charge in [-0.2, -0.15) is 0 Å². The zero-order chi connectivity index (χ0) is 13.3. The van der Waals surface area contributed by atoms with Gasteiger partial charge < -0.3 is 10.2 Å². The second kappa shape index (κ2) is 5.24. The van der Waals surface area contributed by atoms with Crippen molar-refractivity contribution in [1.29, 1.82) is 0 Å². The minimum atomic E-state index is -0.457. The lowest BCUT2D eigenvalue weighted by atomic mass is 10.2. The van der Waals surface area contributed by atoms with E-state index in [4.69, 9.17) is 11.6 Å². The lowest BCUT2D eigenvalue weighted by Gasteiger charge is -2.20. The molecule has 1 heterocycles. The lowest BCUT2D eigenvalue weighted by molar-refractivity contribution is -0.119. The van der Waals surface area contributed by atoms with E-state index in [2.05, 4.69) is 5.32 Å². The molecule has 1 fully saturated rings. The number of halogens is 2. The monoisotopic (exact) mass is 270 g/mol. The van der Waals surface area contributed by atoms with Gasteiger partial charge in [-0.25, -0.2) is 4.39 Å². The van der Waals surface area contributed by atoms with Crippen LogP contribution in [0, 0.1) is 5.82 Å². The van der Waals surface area contributed by atoms with Gasteiger partial charge in [0.15, 0.2) is 0 Å². The fourth-order valence-electron chi connectivity index (χ4n) is 2.21. The maximum absolute atomic E-state index is 13.8. The van der Waals surface area contributed by atoms with Crippen LogP contribution in [0.25, 0.3) is 0 Å². The molecule has 1 aromatic rings. The van der Waals surface area contributed by atoms with Crippen LogP contribution in [0.1, 0.15) is 20.3 Å². The first-order chi connectivity index (χ1) is 8.50. The highest BCUT2D eigenvalue weighted by Crippen LogP contribution is 2.31. The Labute approximate surface area is 111 Å². The average Bonchev–Trinajstić information content (AvgIpc) is 2.61. The summed E-state index contributed by atoms with van der Waals surface area (Å²) in [7, 11) is 0. The molecule has 1 aliphatic heterocycles. The molecular formula is C13H16ClFN2O. The van der Waals surface area contributed by atoms with E-state index in [-0.39, 0.29) is 28.7 Å². The summed E-state index contributed by atoms with van der Waals surface area (Å²) in [6, 6.07) is 4.41. The molecule has 1 saturated heterocycles. The van der Waals surface area contributed by atoms with Gasteiger partial charge in [-0.15, -0.1) is 0 Å². The lowest BCUT2D eigenvalue weighted by Crippen LogP contribution is -2.41. The van der Waals surface area contributed by atoms with Crippen molar-refractivity contribution in [1.82, 2.24) is 5.32 Å². The van der Waals surface area contributed by atoms with Crippen molar-refractivity contribution in [3.63, 3.8) is 0 Å². The molecule has 5 heteroatoms. The normalized spacial score (nSPS) is 19.9. The average molecular weight is 271 g/mol. The number of rotatable bonds is 3. The minimum Gasteiger partial charge on any atom is -0.307 e. The van der Waals surface area contributed by atoms with E-state index in [1.807, 2.05) is 13.8 Å². The predicted molar refractivity (Wildman–Crippen MR) is 70.4 cm³/mol. The van der Waals surface area contributed by atoms with Crippen LogP contribution in [0.4, 0.5) is 10.1 Å². The molecule has 1 amide bonds. The van der Waals surface area contributed by atoms with Gasteiger partial charge >= 0.3 is 0 Å². The summed E-state index contributed by atoms with van der Waals surface area (Å²) < 4.78 is 13.8. The van der Waals surface area contributed by atoms with Crippen molar-refractivity contribution >= 4 is 23.2 Å². The van der Waals surface area contributed by atoms with E-state index in [1.165, 1.54) is 17.0 Å². The highest BCUT2D eigenvalue weighted by atomic mass is 35.5. The Morgan fingerprint density at radius 1 is 1.50 bits per heavy atom. The van der Waals surface area contributed by atoms with E-state index < -0.39 is 5.82 Å². The number of nitrogens with one attached hydrogen (secondary N) is 1. The highest BCUT2D eigenvalue weighted by Gasteiger charge is 2.34. The smallest absolute Gasteiger partial charge is 0.244 e. The summed E-state index contributed by atoms with van der Waals surface area (Å²) >= 11 is 5.97. The Kier molecular flexibility index (Phi) is 3.88. The van der Waals surface area contributed by atoms with Crippen LogP contribution < -0.4 is 10.2 Å². The van der Waals surface area contributed by atoms with Crippen molar-refractivity contribution in [3.05, 3.63) is 29.0 Å². The van der Waals surface area contributed by atoms with Crippen LogP contribution in [0.15, 0.2) is 18.2 Å². The SMILES string of the molecule is CC(C)NC1CCN(c2c(F)cccc2Cl)C1=O. The molecule has 0 aromatic heterocycles. The summed E-state index contributed by atoms with van der Waals surface area (Å²) in [6.07, 6.45) is 0.668. The largest absolute Gasteiger partial charge is 0.307 e. The molecule has 1 unspecified atom stereocenters. The van der Waals surface area contributed by atoms with Gasteiger partial charge in [0.25, 0.3) is 0 Å². The first kappa shape index (κ1) is 13.3. The minimum absolute atomic E-state index is 0.115. The van der Waals surface area contributed by atoms with E-state index >= 15 is 0 Å². The molecule has 0 spiro atoms. The zero-order valence-corrected chi connectivity index (χ0v) is 11.2. The zero-order valence-electron chi connectivity index (χ0n) is 10.4. The Morgan fingerprint density at radius 3 is 2.83 bits per heavy atom. The Morgan fingerprint density at radius 2 is 2.22 bits per heavy atom. The Hall–Kier alpha value is -1.13. The quantitative estimate of drug-likeness (QED) is 0.916. The van der Waals surface area contributed by atoms with Gasteiger partial charge in [0.1, 0.15) is 5.82 Å². The number of anilines is 1. The first-order valence-electron chi connectivity index (χ1n) is 6.02. The second-order valence-electron chi connectivity index (χ2n) is 4.72. The van der Waals surface area contributed by atoms with Gasteiger partial charge in [-0.3, -0.25) is 4.79 Å². The Bertz CT molecular complexity index is 444. The maximum atomic E-state index is 13.8. The van der Waals surface area contributed by atoms with Gasteiger partial charge in [-0.05, 0) is 18.6 Å². The van der Waals surface area contributed by atoms with Crippen molar-refractivity contribution in [2.24, 2.45) is 0 Å². The number of carbonyl (C=O) groups excluding carboxylic acids is 1. The van der Waals surface area contributed by atoms with Crippen LogP contribution >= 0.6 is 11.6 Å². The molecule has 2 rings (SSSR count). The number of benzene rings is 1. The van der Waals surface area contributed by atoms with Gasteiger partial charge in [0.2, 0.25) is 5.91 Å². The fraction of sp³-hybridized carbons (Fsp3) is 0.462. The first-order valence-corrected chi connectivity index (χ1v) is 6.40. The topological polar surface area (TPSA) is 32.3 Å². The number of hydrogen-bond acceptors (Lipinski definition) is 2. The van der Waals surface area contributed by atoms with Crippen molar-refractivity contribution in [3.8, 4) is 0 Å². The number of para-hydroxylation sites is 1. The number of nitrogens with zero attached hydrogens (tertiary/aromatic N) is 1. The molecule has 1 atom stereocenters. The highest BCUT2D eigenvalue weighted by molar-refractivity contribution is 6.34. The summed E-state index contributed by atoms with van der Waals surface area (Å²) in [5.41, 5.74) is 0.192. The van der Waals surface area contributed by atoms with Gasteiger partial charge in [-0.1, -0.05) is 31.5 Å². The summed E-state index contributed by atoms with van der Waals surface area (Å²) in [6.45, 7) is 4.45. The Balaban J connectivity index is 2.23. The molecule has 3 nitrogen and oxygen atoms in total. The summed E-state index contributed by atoms with van der Waals surface area (Å²) in [4.78, 5) is 13.6. The molecule has 0 bridgehead atoms. The molecule has 1 aliphatic rings. The van der Waals surface area contributed by atoms with Crippen molar-refractivity contribution in [2.75, 3.05) is 11.4 Å². The van der Waals surface area contributed by atoms with Crippen LogP contribution in [0.2, 0.25) is 5.02 Å². The van der Waals surface area contributed by atoms with Gasteiger partial charge in [0, 0.05) is 12.6 Å². The van der Waals surface area contributed by atoms with Crippen LogP contribution in [-0.2, 0) is 4.79 Å². The molecule has 1 aromatic carbocycles. The molecule has 0 saturated carbocycles. The van der Waals surface area contributed by atoms with Crippen LogP contribution in [0.3, 0.4) is 0 Å². The van der Waals surface area contributed by atoms with E-state index in [0.717, 1.165) is 0 Å². The van der Waals surface area contributed by atoms with Crippen LogP contribution in [0.5, 0.6) is 0 Å². The predicted octanol–water partition coefficient (Wildman–Crippen LogP) is 2.58. The number of hydrogen-bond donors (Lipinski definition) is 1. The summed E-state index contributed by atoms with van der Waals surface area (Å²) in [5.74, 6) is -0.572. The molecule has 0 radical (unpaired) electrons. The maximum Gasteiger partial charge on any atom is 0.244 e. The molecule has 0 aliphatic carbocycles.